The summed E-state index contributed by atoms with van der Waals surface area (Å²) in [6.45, 7) is 3.55. The van der Waals surface area contributed by atoms with E-state index >= 15 is 0 Å². The maximum Gasteiger partial charge on any atom is 0.320 e. The van der Waals surface area contributed by atoms with E-state index in [2.05, 4.69) is 4.98 Å². The summed E-state index contributed by atoms with van der Waals surface area (Å²) < 4.78 is 0. The molecule has 0 amide bonds. The van der Waals surface area contributed by atoms with Crippen molar-refractivity contribution < 1.29 is 9.90 Å². The summed E-state index contributed by atoms with van der Waals surface area (Å²) in [7, 11) is 0. The number of nitrogens with two attached hydrogens (primary N) is 1. The molecule has 1 aromatic rings. The first kappa shape index (κ1) is 14.1. The molecule has 0 unspecified atom stereocenters. The molecular formula is C11H15N3O2. The van der Waals surface area contributed by atoms with Crippen molar-refractivity contribution in [1.82, 2.24) is 4.98 Å². The minimum atomic E-state index is -0.931. The Balaban J connectivity index is 0.000000281. The zero-order valence-electron chi connectivity index (χ0n) is 9.29. The second-order valence-electron chi connectivity index (χ2n) is 3.46. The molecule has 3 N–H and O–H groups in total. The fourth-order valence-electron chi connectivity index (χ4n) is 0.714. The average molecular weight is 221 g/mol. The van der Waals surface area contributed by atoms with E-state index in [-0.39, 0.29) is 5.92 Å². The van der Waals surface area contributed by atoms with Gasteiger partial charge in [-0.15, -0.1) is 0 Å². The number of carboxylic acids is 1. The van der Waals surface area contributed by atoms with Gasteiger partial charge in [-0.3, -0.25) is 9.78 Å². The molecule has 0 fully saturated rings. The molecule has 1 heterocycles. The van der Waals surface area contributed by atoms with Gasteiger partial charge < -0.3 is 10.8 Å². The van der Waals surface area contributed by atoms with Crippen LogP contribution in [0.3, 0.4) is 0 Å². The fourth-order valence-corrected chi connectivity index (χ4v) is 0.714. The Kier molecular flexibility index (Phi) is 6.48. The summed E-state index contributed by atoms with van der Waals surface area (Å²) in [5, 5.41) is 16.5. The number of aliphatic carboxylic acids is 1. The van der Waals surface area contributed by atoms with Crippen molar-refractivity contribution in [1.29, 1.82) is 5.26 Å². The standard InChI is InChI=1S/C6H4N2.C5H11NO2/c7-4-6-2-1-3-8-5-6;1-3(2)4(6)5(7)8/h1-3,5H;3-4H,6H2,1-2H3,(H,7,8)/t;4-/m.0/s1. The lowest BCUT2D eigenvalue weighted by molar-refractivity contribution is -0.139. The minimum absolute atomic E-state index is 0.0208. The van der Waals surface area contributed by atoms with Gasteiger partial charge in [0.15, 0.2) is 0 Å². The molecule has 0 saturated heterocycles. The van der Waals surface area contributed by atoms with Crippen LogP contribution in [0.2, 0.25) is 0 Å². The Morgan fingerprint density at radius 1 is 1.62 bits per heavy atom. The zero-order valence-corrected chi connectivity index (χ0v) is 9.29. The highest BCUT2D eigenvalue weighted by atomic mass is 16.4. The molecule has 0 aliphatic heterocycles. The van der Waals surface area contributed by atoms with E-state index in [1.54, 1.807) is 32.2 Å². The van der Waals surface area contributed by atoms with E-state index in [1.165, 1.54) is 6.20 Å². The maximum atomic E-state index is 10.0. The van der Waals surface area contributed by atoms with E-state index in [0.29, 0.717) is 5.56 Å². The third-order valence-electron chi connectivity index (χ3n) is 1.79. The van der Waals surface area contributed by atoms with Crippen LogP contribution in [0.1, 0.15) is 19.4 Å². The molecule has 86 valence electrons. The molecule has 1 aromatic heterocycles. The fraction of sp³-hybridized carbons (Fsp3) is 0.364. The summed E-state index contributed by atoms with van der Waals surface area (Å²) in [6.07, 6.45) is 3.17. The molecule has 16 heavy (non-hydrogen) atoms. The minimum Gasteiger partial charge on any atom is -0.480 e. The van der Waals surface area contributed by atoms with Gasteiger partial charge in [-0.2, -0.15) is 5.26 Å². The molecule has 0 aliphatic carbocycles. The maximum absolute atomic E-state index is 10.0. The Labute approximate surface area is 94.5 Å². The third kappa shape index (κ3) is 5.73. The average Bonchev–Trinajstić information content (AvgIpc) is 2.29. The Bertz CT molecular complexity index is 357. The van der Waals surface area contributed by atoms with Crippen LogP contribution in [-0.4, -0.2) is 22.1 Å². The number of pyridine rings is 1. The normalized spacial score (nSPS) is 10.9. The topological polar surface area (TPSA) is 100 Å². The molecule has 5 heteroatoms. The van der Waals surface area contributed by atoms with Crippen molar-refractivity contribution in [3.63, 3.8) is 0 Å². The summed E-state index contributed by atoms with van der Waals surface area (Å²) in [5.41, 5.74) is 5.76. The number of hydrogen-bond acceptors (Lipinski definition) is 4. The largest absolute Gasteiger partial charge is 0.480 e. The van der Waals surface area contributed by atoms with Crippen LogP contribution in [0.15, 0.2) is 24.5 Å². The number of carbonyl (C=O) groups is 1. The van der Waals surface area contributed by atoms with Crippen LogP contribution in [0.25, 0.3) is 0 Å². The molecule has 0 spiro atoms. The lowest BCUT2D eigenvalue weighted by atomic mass is 10.1. The SMILES string of the molecule is CC(C)[C@H](N)C(=O)O.N#Cc1cccnc1. The molecule has 0 radical (unpaired) electrons. The zero-order chi connectivity index (χ0) is 12.6. The van der Waals surface area contributed by atoms with Crippen molar-refractivity contribution in [2.45, 2.75) is 19.9 Å². The Morgan fingerprint density at radius 3 is 2.44 bits per heavy atom. The van der Waals surface area contributed by atoms with Crippen LogP contribution in [0.4, 0.5) is 0 Å². The van der Waals surface area contributed by atoms with Crippen LogP contribution < -0.4 is 5.73 Å². The van der Waals surface area contributed by atoms with Crippen LogP contribution in [0.5, 0.6) is 0 Å². The number of hydrogen-bond donors (Lipinski definition) is 2. The second-order valence-corrected chi connectivity index (χ2v) is 3.46. The van der Waals surface area contributed by atoms with Crippen LogP contribution in [-0.2, 0) is 4.79 Å². The van der Waals surface area contributed by atoms with E-state index in [1.807, 2.05) is 6.07 Å². The lowest BCUT2D eigenvalue weighted by Crippen LogP contribution is -2.34. The highest BCUT2D eigenvalue weighted by Crippen LogP contribution is 1.96. The van der Waals surface area contributed by atoms with Crippen molar-refractivity contribution >= 4 is 5.97 Å². The van der Waals surface area contributed by atoms with Gasteiger partial charge in [0, 0.05) is 12.4 Å². The second kappa shape index (κ2) is 7.37. The quantitative estimate of drug-likeness (QED) is 0.776. The van der Waals surface area contributed by atoms with Crippen LogP contribution >= 0.6 is 0 Å². The first-order valence-electron chi connectivity index (χ1n) is 4.77. The predicted octanol–water partition coefficient (Wildman–Crippen LogP) is 1.01. The highest BCUT2D eigenvalue weighted by molar-refractivity contribution is 5.73. The predicted molar refractivity (Wildman–Crippen MR) is 59.4 cm³/mol. The molecule has 1 atom stereocenters. The van der Waals surface area contributed by atoms with Gasteiger partial charge in [-0.25, -0.2) is 0 Å². The number of carboxylic acid groups (broad SMARTS) is 1. The first-order chi connectivity index (χ1) is 7.49. The van der Waals surface area contributed by atoms with E-state index in [4.69, 9.17) is 16.1 Å². The number of aromatic nitrogens is 1. The van der Waals surface area contributed by atoms with Gasteiger partial charge in [0.1, 0.15) is 12.1 Å². The van der Waals surface area contributed by atoms with Crippen molar-refractivity contribution in [2.24, 2.45) is 11.7 Å². The summed E-state index contributed by atoms with van der Waals surface area (Å²) >= 11 is 0. The van der Waals surface area contributed by atoms with E-state index in [0.717, 1.165) is 0 Å². The number of rotatable bonds is 2. The van der Waals surface area contributed by atoms with Crippen LogP contribution in [0, 0.1) is 17.2 Å². The first-order valence-corrected chi connectivity index (χ1v) is 4.77. The van der Waals surface area contributed by atoms with Gasteiger partial charge in [0.05, 0.1) is 5.56 Å². The van der Waals surface area contributed by atoms with Gasteiger partial charge in [-0.1, -0.05) is 13.8 Å². The summed E-state index contributed by atoms with van der Waals surface area (Å²) in [6, 6.07) is 4.70. The van der Waals surface area contributed by atoms with Gasteiger partial charge in [0.25, 0.3) is 0 Å². The van der Waals surface area contributed by atoms with Gasteiger partial charge in [-0.05, 0) is 18.1 Å². The molecule has 0 aromatic carbocycles. The monoisotopic (exact) mass is 221 g/mol. The molecule has 1 rings (SSSR count). The molecule has 5 nitrogen and oxygen atoms in total. The summed E-state index contributed by atoms with van der Waals surface area (Å²) in [5.74, 6) is -0.910. The number of nitriles is 1. The summed E-state index contributed by atoms with van der Waals surface area (Å²) in [4.78, 5) is 13.7. The Hall–Kier alpha value is -1.93. The molecule has 0 saturated carbocycles. The van der Waals surface area contributed by atoms with E-state index < -0.39 is 12.0 Å². The lowest BCUT2D eigenvalue weighted by Gasteiger charge is -2.07. The van der Waals surface area contributed by atoms with E-state index in [9.17, 15) is 4.79 Å². The number of nitrogens with zero attached hydrogens (tertiary/aromatic N) is 2. The van der Waals surface area contributed by atoms with Crippen molar-refractivity contribution in [3.05, 3.63) is 30.1 Å². The Morgan fingerprint density at radius 2 is 2.25 bits per heavy atom. The van der Waals surface area contributed by atoms with Gasteiger partial charge in [0.2, 0.25) is 0 Å². The third-order valence-corrected chi connectivity index (χ3v) is 1.79. The van der Waals surface area contributed by atoms with Gasteiger partial charge >= 0.3 is 5.97 Å². The molecular weight excluding hydrogens is 206 g/mol. The van der Waals surface area contributed by atoms with Crippen molar-refractivity contribution in [2.75, 3.05) is 0 Å². The smallest absolute Gasteiger partial charge is 0.320 e. The molecule has 0 aliphatic rings. The highest BCUT2D eigenvalue weighted by Gasteiger charge is 2.14. The van der Waals surface area contributed by atoms with Crippen molar-refractivity contribution in [3.8, 4) is 6.07 Å². The molecule has 0 bridgehead atoms.